The molecule has 0 spiro atoms. The van der Waals surface area contributed by atoms with E-state index in [4.69, 9.17) is 0 Å². The molecule has 4 nitrogen and oxygen atoms in total. The molecule has 0 heterocycles. The minimum absolute atomic E-state index is 0.0793. The molecule has 0 amide bonds. The van der Waals surface area contributed by atoms with Crippen LogP contribution >= 0.6 is 0 Å². The van der Waals surface area contributed by atoms with E-state index >= 15 is 0 Å². The van der Waals surface area contributed by atoms with E-state index in [-0.39, 0.29) is 45.1 Å². The predicted octanol–water partition coefficient (Wildman–Crippen LogP) is 6.32. The van der Waals surface area contributed by atoms with Crippen molar-refractivity contribution >= 4 is 17.5 Å². The third kappa shape index (κ3) is 2.63. The van der Waals surface area contributed by atoms with Gasteiger partial charge in [-0.1, -0.05) is 53.7 Å². The Kier molecular flexibility index (Phi) is 4.62. The van der Waals surface area contributed by atoms with Crippen LogP contribution in [0.4, 0.5) is 0 Å². The van der Waals surface area contributed by atoms with Gasteiger partial charge in [-0.2, -0.15) is 0 Å². The Morgan fingerprint density at radius 1 is 0.912 bits per heavy atom. The van der Waals surface area contributed by atoms with Gasteiger partial charge in [-0.25, -0.2) is 0 Å². The number of allylic oxidation sites excluding steroid dienone is 5. The lowest BCUT2D eigenvalue weighted by molar-refractivity contribution is -0.164. The minimum atomic E-state index is -0.894. The highest BCUT2D eigenvalue weighted by Crippen LogP contribution is 2.73. The second-order valence-electron chi connectivity index (χ2n) is 13.9. The number of carbonyl (C=O) groups is 3. The summed E-state index contributed by atoms with van der Waals surface area (Å²) in [5, 5.41) is 9.99. The first kappa shape index (κ1) is 23.8. The molecular formula is C30H40O4. The molecule has 0 aromatic heterocycles. The van der Waals surface area contributed by atoms with Crippen LogP contribution in [0.2, 0.25) is 0 Å². The Morgan fingerprint density at radius 2 is 1.56 bits per heavy atom. The molecule has 0 aromatic carbocycles. The first-order valence-electron chi connectivity index (χ1n) is 13.0. The summed E-state index contributed by atoms with van der Waals surface area (Å²) in [7, 11) is 0. The Hall–Kier alpha value is -1.97. The maximum atomic E-state index is 14.1. The van der Waals surface area contributed by atoms with Crippen molar-refractivity contribution in [3.63, 3.8) is 0 Å². The molecule has 5 aliphatic rings. The SMILES string of the molecule is CC1(C)C(=O)C=C[C@]2(C)[C@H]3C(=O)C=C4C5=C[C@@](C)(C(=O)O)CC[C@]5(C)CC[C@@]4(C)[C@]3(C)CC[C@@H]12. The molecular weight excluding hydrogens is 424 g/mol. The number of aliphatic carboxylic acids is 1. The maximum absolute atomic E-state index is 14.1. The van der Waals surface area contributed by atoms with Crippen molar-refractivity contribution in [1.29, 1.82) is 0 Å². The summed E-state index contributed by atoms with van der Waals surface area (Å²) < 4.78 is 0. The molecule has 4 heteroatoms. The monoisotopic (exact) mass is 464 g/mol. The highest BCUT2D eigenvalue weighted by atomic mass is 16.4. The maximum Gasteiger partial charge on any atom is 0.313 e. The quantitative estimate of drug-likeness (QED) is 0.493. The lowest BCUT2D eigenvalue weighted by Crippen LogP contribution is -2.64. The lowest BCUT2D eigenvalue weighted by atomic mass is 9.35. The van der Waals surface area contributed by atoms with Crippen LogP contribution < -0.4 is 0 Å². The zero-order valence-corrected chi connectivity index (χ0v) is 21.9. The van der Waals surface area contributed by atoms with Gasteiger partial charge in [-0.15, -0.1) is 0 Å². The van der Waals surface area contributed by atoms with Gasteiger partial charge in [0.2, 0.25) is 0 Å². The van der Waals surface area contributed by atoms with E-state index in [0.29, 0.717) is 6.42 Å². The van der Waals surface area contributed by atoms with E-state index in [2.05, 4.69) is 33.8 Å². The first-order chi connectivity index (χ1) is 15.6. The number of fused-ring (bicyclic) bond motifs is 7. The van der Waals surface area contributed by atoms with E-state index in [1.54, 1.807) is 6.08 Å². The fourth-order valence-corrected chi connectivity index (χ4v) is 9.07. The lowest BCUT2D eigenvalue weighted by Gasteiger charge is -2.67. The topological polar surface area (TPSA) is 71.4 Å². The van der Waals surface area contributed by atoms with Crippen molar-refractivity contribution in [2.24, 2.45) is 44.3 Å². The second kappa shape index (κ2) is 6.62. The Morgan fingerprint density at radius 3 is 2.21 bits per heavy atom. The fourth-order valence-electron chi connectivity index (χ4n) is 9.07. The van der Waals surface area contributed by atoms with Crippen LogP contribution in [-0.4, -0.2) is 22.6 Å². The molecule has 0 radical (unpaired) electrons. The normalized spacial score (nSPS) is 49.1. The van der Waals surface area contributed by atoms with Gasteiger partial charge in [-0.3, -0.25) is 14.4 Å². The van der Waals surface area contributed by atoms with Crippen LogP contribution in [0.15, 0.2) is 35.5 Å². The molecule has 5 rings (SSSR count). The Balaban J connectivity index is 1.71. The van der Waals surface area contributed by atoms with E-state index in [0.717, 1.165) is 43.3 Å². The summed E-state index contributed by atoms with van der Waals surface area (Å²) >= 11 is 0. The van der Waals surface area contributed by atoms with Crippen LogP contribution in [0.3, 0.4) is 0 Å². The number of carboxylic acid groups (broad SMARTS) is 1. The number of hydrogen-bond donors (Lipinski definition) is 1. The molecule has 7 atom stereocenters. The molecule has 5 aliphatic carbocycles. The highest BCUT2D eigenvalue weighted by Gasteiger charge is 2.68. The molecule has 1 N–H and O–H groups in total. The molecule has 0 aliphatic heterocycles. The number of carboxylic acids is 1. The van der Waals surface area contributed by atoms with Crippen LogP contribution in [0.5, 0.6) is 0 Å². The van der Waals surface area contributed by atoms with Gasteiger partial charge in [-0.05, 0) is 90.9 Å². The standard InChI is InChI=1S/C30H40O4/c1-25(2)21-8-11-30(7)23(28(21,5)10-9-22(25)32)20(31)16-18-19-17-27(4,24(33)34)13-12-26(19,3)14-15-29(18,30)6/h9-10,16-17,21,23H,8,11-15H2,1-7H3,(H,33,34)/t21-,23+,26+,27-,28-,29+,30+/m0/s1. The van der Waals surface area contributed by atoms with E-state index in [1.807, 2.05) is 32.9 Å². The van der Waals surface area contributed by atoms with E-state index in [1.165, 1.54) is 0 Å². The van der Waals surface area contributed by atoms with Crippen LogP contribution in [0.1, 0.15) is 87.0 Å². The van der Waals surface area contributed by atoms with Gasteiger partial charge in [0.05, 0.1) is 5.41 Å². The zero-order chi connectivity index (χ0) is 25.1. The average Bonchev–Trinajstić information content (AvgIpc) is 2.73. The van der Waals surface area contributed by atoms with Crippen LogP contribution in [-0.2, 0) is 14.4 Å². The summed E-state index contributed by atoms with van der Waals surface area (Å²) in [5.41, 5.74) is -0.0821. The molecule has 2 saturated carbocycles. The minimum Gasteiger partial charge on any atom is -0.481 e. The van der Waals surface area contributed by atoms with Crippen molar-refractivity contribution < 1.29 is 19.5 Å². The van der Waals surface area contributed by atoms with Gasteiger partial charge in [0, 0.05) is 16.7 Å². The average molecular weight is 465 g/mol. The smallest absolute Gasteiger partial charge is 0.313 e. The Bertz CT molecular complexity index is 1110. The van der Waals surface area contributed by atoms with Crippen molar-refractivity contribution in [3.05, 3.63) is 35.5 Å². The van der Waals surface area contributed by atoms with Gasteiger partial charge in [0.1, 0.15) is 0 Å². The number of ketones is 2. The van der Waals surface area contributed by atoms with Crippen molar-refractivity contribution in [2.45, 2.75) is 87.0 Å². The molecule has 0 bridgehead atoms. The van der Waals surface area contributed by atoms with E-state index in [9.17, 15) is 19.5 Å². The number of hydrogen-bond acceptors (Lipinski definition) is 3. The largest absolute Gasteiger partial charge is 0.481 e. The summed E-state index contributed by atoms with van der Waals surface area (Å²) in [5.74, 6) is -0.511. The molecule has 0 aromatic rings. The summed E-state index contributed by atoms with van der Waals surface area (Å²) in [6, 6.07) is 0. The number of carbonyl (C=O) groups excluding carboxylic acids is 2. The first-order valence-corrected chi connectivity index (χ1v) is 13.0. The van der Waals surface area contributed by atoms with E-state index < -0.39 is 16.8 Å². The zero-order valence-electron chi connectivity index (χ0n) is 21.9. The summed E-state index contributed by atoms with van der Waals surface area (Å²) in [6.07, 6.45) is 13.0. The van der Waals surface area contributed by atoms with Crippen LogP contribution in [0.25, 0.3) is 0 Å². The van der Waals surface area contributed by atoms with Gasteiger partial charge < -0.3 is 5.11 Å². The molecule has 2 fully saturated rings. The van der Waals surface area contributed by atoms with Gasteiger partial charge in [0.25, 0.3) is 0 Å². The highest BCUT2D eigenvalue weighted by molar-refractivity contribution is 5.99. The summed E-state index contributed by atoms with van der Waals surface area (Å²) in [4.78, 5) is 39.1. The third-order valence-corrected chi connectivity index (χ3v) is 11.8. The van der Waals surface area contributed by atoms with Crippen molar-refractivity contribution in [1.82, 2.24) is 0 Å². The third-order valence-electron chi connectivity index (χ3n) is 11.8. The fraction of sp³-hybridized carbons (Fsp3) is 0.700. The Labute approximate surface area is 204 Å². The van der Waals surface area contributed by atoms with Crippen molar-refractivity contribution in [2.75, 3.05) is 0 Å². The predicted molar refractivity (Wildman–Crippen MR) is 132 cm³/mol. The van der Waals surface area contributed by atoms with Gasteiger partial charge in [0.15, 0.2) is 11.6 Å². The van der Waals surface area contributed by atoms with Gasteiger partial charge >= 0.3 is 5.97 Å². The molecule has 0 saturated heterocycles. The van der Waals surface area contributed by atoms with Crippen LogP contribution in [0, 0.1) is 44.3 Å². The molecule has 34 heavy (non-hydrogen) atoms. The molecule has 0 unspecified atom stereocenters. The summed E-state index contributed by atoms with van der Waals surface area (Å²) in [6.45, 7) is 15.0. The second-order valence-corrected chi connectivity index (χ2v) is 13.9. The van der Waals surface area contributed by atoms with Crippen molar-refractivity contribution in [3.8, 4) is 0 Å². The number of rotatable bonds is 1. The molecule has 184 valence electrons.